The number of nitrogens with one attached hydrogen (secondary N) is 1. The second kappa shape index (κ2) is 8.12. The van der Waals surface area contributed by atoms with E-state index >= 15 is 0 Å². The molecule has 1 aromatic heterocycles. The highest BCUT2D eigenvalue weighted by molar-refractivity contribution is 9.10. The second-order valence-electron chi connectivity index (χ2n) is 4.69. The normalized spacial score (nSPS) is 11.6. The number of hydrogen-bond donors (Lipinski definition) is 1. The topological polar surface area (TPSA) is 64.6 Å². The van der Waals surface area contributed by atoms with Crippen molar-refractivity contribution in [2.75, 3.05) is 7.11 Å². The minimum absolute atomic E-state index is 0.308. The lowest BCUT2D eigenvalue weighted by Gasteiger charge is -2.14. The van der Waals surface area contributed by atoms with Gasteiger partial charge in [0.05, 0.1) is 19.2 Å². The molecule has 2 aromatic rings. The van der Waals surface area contributed by atoms with Crippen LogP contribution in [0.1, 0.15) is 22.2 Å². The van der Waals surface area contributed by atoms with Gasteiger partial charge in [-0.3, -0.25) is 4.79 Å². The fraction of sp³-hybridized carbons (Fsp3) is 0.250. The van der Waals surface area contributed by atoms with Crippen LogP contribution in [0.5, 0.6) is 5.75 Å². The minimum atomic E-state index is -0.888. The number of hydrogen-bond acceptors (Lipinski definition) is 5. The molecule has 0 radical (unpaired) electrons. The molecule has 0 aliphatic heterocycles. The number of carbonyl (C=O) groups excluding carboxylic acids is 2. The van der Waals surface area contributed by atoms with Gasteiger partial charge in [-0.2, -0.15) is 0 Å². The number of amides is 1. The molecule has 0 aliphatic carbocycles. The van der Waals surface area contributed by atoms with Gasteiger partial charge in [0.2, 0.25) is 0 Å². The summed E-state index contributed by atoms with van der Waals surface area (Å²) in [6.07, 6.45) is -0.888. The van der Waals surface area contributed by atoms with Gasteiger partial charge in [-0.05, 0) is 52.5 Å². The van der Waals surface area contributed by atoms with E-state index in [0.717, 1.165) is 4.88 Å². The molecule has 122 valence electrons. The zero-order chi connectivity index (χ0) is 16.8. The lowest BCUT2D eigenvalue weighted by Crippen LogP contribution is -2.35. The first-order valence-electron chi connectivity index (χ1n) is 6.86. The van der Waals surface area contributed by atoms with Gasteiger partial charge in [-0.1, -0.05) is 6.07 Å². The van der Waals surface area contributed by atoms with E-state index in [4.69, 9.17) is 9.47 Å². The Labute approximate surface area is 146 Å². The molecule has 0 aliphatic rings. The Morgan fingerprint density at radius 3 is 2.78 bits per heavy atom. The number of rotatable bonds is 6. The molecule has 1 N–H and O–H groups in total. The van der Waals surface area contributed by atoms with Crippen LogP contribution in [0.3, 0.4) is 0 Å². The van der Waals surface area contributed by atoms with Crippen LogP contribution in [0.2, 0.25) is 0 Å². The third-order valence-electron chi connectivity index (χ3n) is 3.06. The standard InChI is InChI=1S/C16H16BrNO4S/c1-10(15(19)18-9-12-4-3-7-23-12)22-16(20)13-8-11(21-2)5-6-14(13)17/h3-8,10H,9H2,1-2H3,(H,18,19). The molecule has 0 spiro atoms. The van der Waals surface area contributed by atoms with Crippen molar-refractivity contribution in [1.82, 2.24) is 5.32 Å². The Bertz CT molecular complexity index is 687. The third kappa shape index (κ3) is 4.80. The summed E-state index contributed by atoms with van der Waals surface area (Å²) in [4.78, 5) is 25.2. The molecule has 0 saturated carbocycles. The van der Waals surface area contributed by atoms with E-state index in [0.29, 0.717) is 22.3 Å². The minimum Gasteiger partial charge on any atom is -0.497 e. The predicted molar refractivity (Wildman–Crippen MR) is 91.7 cm³/mol. The SMILES string of the molecule is COc1ccc(Br)c(C(=O)OC(C)C(=O)NCc2cccs2)c1. The molecule has 23 heavy (non-hydrogen) atoms. The molecule has 5 nitrogen and oxygen atoms in total. The van der Waals surface area contributed by atoms with Crippen molar-refractivity contribution in [3.63, 3.8) is 0 Å². The summed E-state index contributed by atoms with van der Waals surface area (Å²) in [5.41, 5.74) is 0.308. The number of ether oxygens (including phenoxy) is 2. The van der Waals surface area contributed by atoms with Crippen molar-refractivity contribution >= 4 is 39.1 Å². The summed E-state index contributed by atoms with van der Waals surface area (Å²) in [5.74, 6) is -0.393. The maximum atomic E-state index is 12.2. The van der Waals surface area contributed by atoms with Crippen LogP contribution >= 0.6 is 27.3 Å². The smallest absolute Gasteiger partial charge is 0.340 e. The Hall–Kier alpha value is -1.86. The molecule has 0 fully saturated rings. The summed E-state index contributed by atoms with van der Waals surface area (Å²) >= 11 is 4.84. The monoisotopic (exact) mass is 397 g/mol. The highest BCUT2D eigenvalue weighted by atomic mass is 79.9. The zero-order valence-corrected chi connectivity index (χ0v) is 15.1. The highest BCUT2D eigenvalue weighted by Crippen LogP contribution is 2.23. The summed E-state index contributed by atoms with van der Waals surface area (Å²) in [5, 5.41) is 4.67. The van der Waals surface area contributed by atoms with Crippen LogP contribution in [-0.2, 0) is 16.1 Å². The number of methoxy groups -OCH3 is 1. The molecule has 1 amide bonds. The number of carbonyl (C=O) groups is 2. The van der Waals surface area contributed by atoms with Crippen molar-refractivity contribution < 1.29 is 19.1 Å². The maximum Gasteiger partial charge on any atom is 0.340 e. The van der Waals surface area contributed by atoms with Gasteiger partial charge in [-0.25, -0.2) is 4.79 Å². The predicted octanol–water partition coefficient (Wildman–Crippen LogP) is 3.38. The molecule has 0 bridgehead atoms. The van der Waals surface area contributed by atoms with Crippen molar-refractivity contribution in [2.45, 2.75) is 19.6 Å². The van der Waals surface area contributed by atoms with E-state index in [1.54, 1.807) is 29.5 Å². The Morgan fingerprint density at radius 1 is 1.35 bits per heavy atom. The van der Waals surface area contributed by atoms with E-state index in [9.17, 15) is 9.59 Å². The van der Waals surface area contributed by atoms with E-state index in [1.165, 1.54) is 14.0 Å². The van der Waals surface area contributed by atoms with Crippen LogP contribution in [-0.4, -0.2) is 25.1 Å². The average Bonchev–Trinajstić information content (AvgIpc) is 3.06. The summed E-state index contributed by atoms with van der Waals surface area (Å²) in [6, 6.07) is 8.81. The molecular weight excluding hydrogens is 382 g/mol. The van der Waals surface area contributed by atoms with Crippen molar-refractivity contribution in [3.8, 4) is 5.75 Å². The summed E-state index contributed by atoms with van der Waals surface area (Å²) < 4.78 is 10.9. The average molecular weight is 398 g/mol. The van der Waals surface area contributed by atoms with Gasteiger partial charge in [-0.15, -0.1) is 11.3 Å². The van der Waals surface area contributed by atoms with Crippen LogP contribution in [0.25, 0.3) is 0 Å². The second-order valence-corrected chi connectivity index (χ2v) is 6.58. The number of halogens is 1. The van der Waals surface area contributed by atoms with Gasteiger partial charge in [0.15, 0.2) is 6.10 Å². The first-order valence-corrected chi connectivity index (χ1v) is 8.53. The first-order chi connectivity index (χ1) is 11.0. The maximum absolute atomic E-state index is 12.2. The number of esters is 1. The molecule has 0 saturated heterocycles. The van der Waals surface area contributed by atoms with Gasteiger partial charge in [0.1, 0.15) is 5.75 Å². The van der Waals surface area contributed by atoms with Gasteiger partial charge >= 0.3 is 5.97 Å². The van der Waals surface area contributed by atoms with Crippen LogP contribution in [0, 0.1) is 0 Å². The molecular formula is C16H16BrNO4S. The Kier molecular flexibility index (Phi) is 6.18. The van der Waals surface area contributed by atoms with Crippen LogP contribution in [0.15, 0.2) is 40.2 Å². The lowest BCUT2D eigenvalue weighted by atomic mass is 10.2. The number of thiophene rings is 1. The van der Waals surface area contributed by atoms with E-state index < -0.39 is 12.1 Å². The Balaban J connectivity index is 1.94. The fourth-order valence-corrected chi connectivity index (χ4v) is 2.85. The largest absolute Gasteiger partial charge is 0.497 e. The van der Waals surface area contributed by atoms with Crippen molar-refractivity contribution in [2.24, 2.45) is 0 Å². The molecule has 1 atom stereocenters. The van der Waals surface area contributed by atoms with E-state index in [-0.39, 0.29) is 5.91 Å². The Morgan fingerprint density at radius 2 is 2.13 bits per heavy atom. The number of benzene rings is 1. The van der Waals surface area contributed by atoms with Gasteiger partial charge < -0.3 is 14.8 Å². The third-order valence-corrected chi connectivity index (χ3v) is 4.63. The van der Waals surface area contributed by atoms with Crippen LogP contribution < -0.4 is 10.1 Å². The summed E-state index contributed by atoms with van der Waals surface area (Å²) in [6.45, 7) is 1.96. The highest BCUT2D eigenvalue weighted by Gasteiger charge is 2.20. The van der Waals surface area contributed by atoms with E-state index in [1.807, 2.05) is 17.5 Å². The molecule has 2 rings (SSSR count). The summed E-state index contributed by atoms with van der Waals surface area (Å²) in [7, 11) is 1.51. The van der Waals surface area contributed by atoms with Crippen molar-refractivity contribution in [1.29, 1.82) is 0 Å². The van der Waals surface area contributed by atoms with Gasteiger partial charge in [0, 0.05) is 9.35 Å². The molecule has 1 aromatic carbocycles. The van der Waals surface area contributed by atoms with E-state index in [2.05, 4.69) is 21.2 Å². The fourth-order valence-electron chi connectivity index (χ4n) is 1.80. The quantitative estimate of drug-likeness (QED) is 0.758. The van der Waals surface area contributed by atoms with Crippen LogP contribution in [0.4, 0.5) is 0 Å². The van der Waals surface area contributed by atoms with Crippen molar-refractivity contribution in [3.05, 3.63) is 50.6 Å². The first kappa shape index (κ1) is 17.5. The molecule has 7 heteroatoms. The zero-order valence-electron chi connectivity index (χ0n) is 12.7. The lowest BCUT2D eigenvalue weighted by molar-refractivity contribution is -0.129. The molecule has 1 unspecified atom stereocenters. The molecule has 1 heterocycles. The van der Waals surface area contributed by atoms with Gasteiger partial charge in [0.25, 0.3) is 5.91 Å².